The van der Waals surface area contributed by atoms with Gasteiger partial charge in [-0.2, -0.15) is 5.26 Å². The number of carbonyl (C=O) groups excluding carboxylic acids is 1. The van der Waals surface area contributed by atoms with E-state index in [1.807, 2.05) is 0 Å². The Labute approximate surface area is 74.8 Å². The molecule has 0 radical (unpaired) electrons. The van der Waals surface area contributed by atoms with Crippen LogP contribution in [0, 0.1) is 11.3 Å². The Balaban J connectivity index is 2.75. The topological polar surface area (TPSA) is 106 Å². The van der Waals surface area contributed by atoms with Crippen LogP contribution in [0.3, 0.4) is 0 Å². The molecule has 2 unspecified atom stereocenters. The molecule has 72 valence electrons. The normalized spacial score (nSPS) is 29.2. The quantitative estimate of drug-likeness (QED) is 0.545. The summed E-state index contributed by atoms with van der Waals surface area (Å²) in [6.07, 6.45) is -2.13. The van der Waals surface area contributed by atoms with Crippen LogP contribution < -0.4 is 5.73 Å². The van der Waals surface area contributed by atoms with Crippen LogP contribution in [0.5, 0.6) is 0 Å². The van der Waals surface area contributed by atoms with Crippen molar-refractivity contribution in [3.05, 3.63) is 0 Å². The molecule has 0 spiro atoms. The number of carbonyl (C=O) groups is 1. The molecule has 1 fully saturated rings. The van der Waals surface area contributed by atoms with Crippen LogP contribution in [0.1, 0.15) is 6.42 Å². The second-order valence-corrected chi connectivity index (χ2v) is 2.82. The first-order valence-electron chi connectivity index (χ1n) is 3.74. The zero-order valence-corrected chi connectivity index (χ0v) is 6.90. The number of nitrogens with two attached hydrogens (primary N) is 1. The minimum atomic E-state index is -1.40. The van der Waals surface area contributed by atoms with Crippen LogP contribution in [0.15, 0.2) is 0 Å². The van der Waals surface area contributed by atoms with Gasteiger partial charge in [-0.1, -0.05) is 0 Å². The van der Waals surface area contributed by atoms with Gasteiger partial charge >= 0.3 is 6.09 Å². The largest absolute Gasteiger partial charge is 0.437 e. The first kappa shape index (κ1) is 9.77. The van der Waals surface area contributed by atoms with Gasteiger partial charge in [0.05, 0.1) is 19.3 Å². The Morgan fingerprint density at radius 3 is 2.92 bits per heavy atom. The summed E-state index contributed by atoms with van der Waals surface area (Å²) in [6, 6.07) is 1.60. The van der Waals surface area contributed by atoms with Gasteiger partial charge in [-0.15, -0.1) is 0 Å². The fourth-order valence-electron chi connectivity index (χ4n) is 1.23. The van der Waals surface area contributed by atoms with E-state index in [0.717, 1.165) is 0 Å². The minimum Gasteiger partial charge on any atom is -0.437 e. The number of primary amides is 1. The molecule has 1 rings (SSSR count). The zero-order chi connectivity index (χ0) is 9.90. The summed E-state index contributed by atoms with van der Waals surface area (Å²) in [7, 11) is 0. The van der Waals surface area contributed by atoms with Gasteiger partial charge in [0.15, 0.2) is 11.7 Å². The minimum absolute atomic E-state index is 0.00463. The van der Waals surface area contributed by atoms with Gasteiger partial charge in [0.2, 0.25) is 0 Å². The molecule has 0 aromatic heterocycles. The van der Waals surface area contributed by atoms with Crippen LogP contribution in [-0.2, 0) is 9.47 Å². The molecule has 0 aromatic carbocycles. The molecule has 0 saturated carbocycles. The van der Waals surface area contributed by atoms with E-state index in [1.165, 1.54) is 0 Å². The zero-order valence-electron chi connectivity index (χ0n) is 6.90. The van der Waals surface area contributed by atoms with Crippen LogP contribution >= 0.6 is 0 Å². The molecule has 1 aliphatic heterocycles. The maximum Gasteiger partial charge on any atom is 0.405 e. The molecular formula is C7H10N2O4. The lowest BCUT2D eigenvalue weighted by Crippen LogP contribution is -2.47. The molecule has 6 nitrogen and oxygen atoms in total. The fourth-order valence-corrected chi connectivity index (χ4v) is 1.23. The van der Waals surface area contributed by atoms with Crippen LogP contribution in [-0.4, -0.2) is 36.1 Å². The van der Waals surface area contributed by atoms with Gasteiger partial charge in [-0.3, -0.25) is 0 Å². The van der Waals surface area contributed by atoms with Crippen molar-refractivity contribution in [2.24, 2.45) is 5.73 Å². The van der Waals surface area contributed by atoms with Gasteiger partial charge in [-0.25, -0.2) is 4.79 Å². The number of amides is 1. The van der Waals surface area contributed by atoms with Crippen LogP contribution in [0.4, 0.5) is 4.79 Å². The van der Waals surface area contributed by atoms with Crippen molar-refractivity contribution >= 4 is 6.09 Å². The summed E-state index contributed by atoms with van der Waals surface area (Å²) in [5.41, 5.74) is 3.54. The van der Waals surface area contributed by atoms with Gasteiger partial charge in [0.25, 0.3) is 0 Å². The highest BCUT2D eigenvalue weighted by molar-refractivity contribution is 5.65. The second kappa shape index (κ2) is 3.60. The monoisotopic (exact) mass is 186 g/mol. The molecule has 6 heteroatoms. The van der Waals surface area contributed by atoms with Gasteiger partial charge < -0.3 is 20.3 Å². The summed E-state index contributed by atoms with van der Waals surface area (Å²) in [5.74, 6) is 0. The standard InChI is InChI=1S/C7H10N2O4/c8-3-5(10)7(13-6(9)11)1-2-12-4-7/h5,10H,1-2,4H2,(H2,9,11). The van der Waals surface area contributed by atoms with Gasteiger partial charge in [0.1, 0.15) is 0 Å². The van der Waals surface area contributed by atoms with Crippen LogP contribution in [0.25, 0.3) is 0 Å². The van der Waals surface area contributed by atoms with E-state index in [0.29, 0.717) is 6.61 Å². The van der Waals surface area contributed by atoms with Crippen molar-refractivity contribution in [1.29, 1.82) is 5.26 Å². The number of hydrogen-bond acceptors (Lipinski definition) is 5. The molecule has 0 aromatic rings. The highest BCUT2D eigenvalue weighted by atomic mass is 16.6. The third-order valence-electron chi connectivity index (χ3n) is 1.94. The molecule has 1 aliphatic rings. The van der Waals surface area contributed by atoms with Crippen molar-refractivity contribution in [1.82, 2.24) is 0 Å². The number of nitrogens with zero attached hydrogens (tertiary/aromatic N) is 1. The predicted octanol–water partition coefficient (Wildman–Crippen LogP) is -0.875. The van der Waals surface area contributed by atoms with Crippen LogP contribution in [0.2, 0.25) is 0 Å². The Morgan fingerprint density at radius 1 is 1.85 bits per heavy atom. The van der Waals surface area contributed by atoms with Gasteiger partial charge in [0, 0.05) is 6.42 Å². The Hall–Kier alpha value is -1.32. The average Bonchev–Trinajstić information content (AvgIpc) is 2.51. The lowest BCUT2D eigenvalue weighted by molar-refractivity contribution is -0.0583. The van der Waals surface area contributed by atoms with Gasteiger partial charge in [-0.05, 0) is 0 Å². The number of hydrogen-bond donors (Lipinski definition) is 2. The predicted molar refractivity (Wildman–Crippen MR) is 40.5 cm³/mol. The SMILES string of the molecule is N#CC(O)C1(OC(N)=O)CCOC1. The van der Waals surface area contributed by atoms with E-state index >= 15 is 0 Å². The van der Waals surface area contributed by atoms with E-state index in [9.17, 15) is 9.90 Å². The molecule has 3 N–H and O–H groups in total. The van der Waals surface area contributed by atoms with Crippen molar-refractivity contribution in [2.45, 2.75) is 18.1 Å². The lowest BCUT2D eigenvalue weighted by Gasteiger charge is -2.27. The number of rotatable bonds is 2. The molecular weight excluding hydrogens is 176 g/mol. The number of ether oxygens (including phenoxy) is 2. The Bertz CT molecular complexity index is 241. The number of nitriles is 1. The van der Waals surface area contributed by atoms with Crippen molar-refractivity contribution in [3.63, 3.8) is 0 Å². The first-order valence-corrected chi connectivity index (χ1v) is 3.74. The van der Waals surface area contributed by atoms with E-state index in [2.05, 4.69) is 0 Å². The molecule has 2 atom stereocenters. The molecule has 1 heterocycles. The molecule has 13 heavy (non-hydrogen) atoms. The second-order valence-electron chi connectivity index (χ2n) is 2.82. The summed E-state index contributed by atoms with van der Waals surface area (Å²) >= 11 is 0. The number of aliphatic hydroxyl groups is 1. The molecule has 1 saturated heterocycles. The highest BCUT2D eigenvalue weighted by Crippen LogP contribution is 2.26. The van der Waals surface area contributed by atoms with Crippen molar-refractivity contribution in [2.75, 3.05) is 13.2 Å². The fraction of sp³-hybridized carbons (Fsp3) is 0.714. The smallest absolute Gasteiger partial charge is 0.405 e. The average molecular weight is 186 g/mol. The summed E-state index contributed by atoms with van der Waals surface area (Å²) in [5, 5.41) is 17.8. The third-order valence-corrected chi connectivity index (χ3v) is 1.94. The lowest BCUT2D eigenvalue weighted by atomic mass is 9.96. The first-order chi connectivity index (χ1) is 6.10. The Morgan fingerprint density at radius 2 is 2.54 bits per heavy atom. The maximum absolute atomic E-state index is 10.5. The molecule has 1 amide bonds. The summed E-state index contributed by atoms with van der Waals surface area (Å²) < 4.78 is 9.63. The van der Waals surface area contributed by atoms with Crippen molar-refractivity contribution in [3.8, 4) is 6.07 Å². The Kier molecular flexibility index (Phi) is 2.70. The van der Waals surface area contributed by atoms with E-state index in [4.69, 9.17) is 20.5 Å². The van der Waals surface area contributed by atoms with Crippen molar-refractivity contribution < 1.29 is 19.4 Å². The summed E-state index contributed by atoms with van der Waals surface area (Å²) in [6.45, 7) is 0.344. The molecule has 0 aliphatic carbocycles. The molecule has 0 bridgehead atoms. The summed E-state index contributed by atoms with van der Waals surface area (Å²) in [4.78, 5) is 10.5. The third kappa shape index (κ3) is 1.88. The highest BCUT2D eigenvalue weighted by Gasteiger charge is 2.45. The van der Waals surface area contributed by atoms with E-state index in [-0.39, 0.29) is 13.0 Å². The van der Waals surface area contributed by atoms with E-state index in [1.54, 1.807) is 6.07 Å². The number of aliphatic hydroxyl groups excluding tert-OH is 1. The van der Waals surface area contributed by atoms with E-state index < -0.39 is 17.8 Å². The maximum atomic E-state index is 10.5.